The summed E-state index contributed by atoms with van der Waals surface area (Å²) in [4.78, 5) is 10.1. The molecule has 5 heteroatoms. The van der Waals surface area contributed by atoms with Crippen LogP contribution in [0.4, 0.5) is 0 Å². The molecule has 10 heavy (non-hydrogen) atoms. The number of aliphatic hydroxyl groups excluding tert-OH is 1. The second-order valence-corrected chi connectivity index (χ2v) is 1.69. The normalized spacial score (nSPS) is 8.50. The third kappa shape index (κ3) is 10.6. The zero-order chi connectivity index (χ0) is 7.11. The molecular weight excluding hydrogens is 156 g/mol. The number of nitrogens with two attached hydrogens (primary N) is 1. The average Bonchev–Trinajstić information content (AvgIpc) is 1.80. The van der Waals surface area contributed by atoms with E-state index in [1.165, 1.54) is 0 Å². The predicted octanol–water partition coefficient (Wildman–Crippen LogP) is -1.13. The second kappa shape index (κ2) is 8.68. The number of nitrogens with one attached hydrogen (secondary N) is 1. The Morgan fingerprint density at radius 2 is 2.10 bits per heavy atom. The maximum atomic E-state index is 10.1. The lowest BCUT2D eigenvalue weighted by Gasteiger charge is -1.97. The predicted molar refractivity (Wildman–Crippen MR) is 41.0 cm³/mol. The molecule has 0 aromatic heterocycles. The van der Waals surface area contributed by atoms with Gasteiger partial charge in [-0.1, -0.05) is 0 Å². The van der Waals surface area contributed by atoms with Crippen LogP contribution in [-0.2, 0) is 4.79 Å². The number of halogens is 1. The van der Waals surface area contributed by atoms with E-state index in [1.54, 1.807) is 0 Å². The van der Waals surface area contributed by atoms with Crippen LogP contribution in [0.15, 0.2) is 0 Å². The minimum Gasteiger partial charge on any atom is -0.395 e. The lowest BCUT2D eigenvalue weighted by molar-refractivity contribution is -0.117. The van der Waals surface area contributed by atoms with Crippen molar-refractivity contribution < 1.29 is 9.90 Å². The molecule has 0 atom stereocenters. The third-order valence-corrected chi connectivity index (χ3v) is 0.837. The van der Waals surface area contributed by atoms with E-state index in [0.717, 1.165) is 0 Å². The molecular formula is C5H13ClN2O2. The highest BCUT2D eigenvalue weighted by Crippen LogP contribution is 1.70. The van der Waals surface area contributed by atoms with E-state index in [-0.39, 0.29) is 24.9 Å². The Morgan fingerprint density at radius 3 is 2.50 bits per heavy atom. The minimum atomic E-state index is -0.319. The lowest BCUT2D eigenvalue weighted by atomic mass is 10.4. The fourth-order valence-corrected chi connectivity index (χ4v) is 0.416. The zero-order valence-corrected chi connectivity index (χ0v) is 6.49. The van der Waals surface area contributed by atoms with Crippen molar-refractivity contribution in [2.45, 2.75) is 6.42 Å². The lowest BCUT2D eigenvalue weighted by Crippen LogP contribution is -2.24. The molecule has 0 aromatic rings. The van der Waals surface area contributed by atoms with Gasteiger partial charge in [0.15, 0.2) is 0 Å². The molecule has 0 saturated heterocycles. The van der Waals surface area contributed by atoms with E-state index >= 15 is 0 Å². The van der Waals surface area contributed by atoms with Crippen molar-refractivity contribution in [3.63, 3.8) is 0 Å². The van der Waals surface area contributed by atoms with Crippen molar-refractivity contribution in [3.8, 4) is 0 Å². The highest BCUT2D eigenvalue weighted by molar-refractivity contribution is 5.85. The molecule has 0 spiro atoms. The van der Waals surface area contributed by atoms with Crippen LogP contribution in [0.5, 0.6) is 0 Å². The first kappa shape index (κ1) is 12.4. The van der Waals surface area contributed by atoms with E-state index in [9.17, 15) is 4.79 Å². The smallest absolute Gasteiger partial charge is 0.218 e. The summed E-state index contributed by atoms with van der Waals surface area (Å²) in [6.45, 7) is 1.17. The van der Waals surface area contributed by atoms with Gasteiger partial charge in [-0.25, -0.2) is 0 Å². The van der Waals surface area contributed by atoms with E-state index in [0.29, 0.717) is 19.5 Å². The van der Waals surface area contributed by atoms with Gasteiger partial charge in [-0.2, -0.15) is 0 Å². The molecule has 0 radical (unpaired) electrons. The molecule has 0 saturated carbocycles. The van der Waals surface area contributed by atoms with Gasteiger partial charge in [0.05, 0.1) is 6.61 Å². The number of hydrogen-bond acceptors (Lipinski definition) is 3. The van der Waals surface area contributed by atoms with Crippen LogP contribution in [-0.4, -0.2) is 30.7 Å². The number of primary amides is 1. The van der Waals surface area contributed by atoms with Crippen molar-refractivity contribution in [3.05, 3.63) is 0 Å². The Kier molecular flexibility index (Phi) is 10.7. The van der Waals surface area contributed by atoms with Crippen molar-refractivity contribution in [1.29, 1.82) is 0 Å². The topological polar surface area (TPSA) is 75.4 Å². The monoisotopic (exact) mass is 168 g/mol. The van der Waals surface area contributed by atoms with E-state index in [4.69, 9.17) is 10.8 Å². The van der Waals surface area contributed by atoms with Gasteiger partial charge in [-0.3, -0.25) is 4.79 Å². The standard InChI is InChI=1S/C5H12N2O2.ClH/c6-5(9)1-2-7-3-4-8;/h7-8H,1-4H2,(H2,6,9);1H. The van der Waals surface area contributed by atoms with Gasteiger partial charge in [0.2, 0.25) is 5.91 Å². The summed E-state index contributed by atoms with van der Waals surface area (Å²) in [7, 11) is 0. The van der Waals surface area contributed by atoms with Crippen LogP contribution < -0.4 is 11.1 Å². The van der Waals surface area contributed by atoms with E-state index < -0.39 is 0 Å². The molecule has 0 fully saturated rings. The van der Waals surface area contributed by atoms with Crippen molar-refractivity contribution in [1.82, 2.24) is 5.32 Å². The quantitative estimate of drug-likeness (QED) is 0.455. The fraction of sp³-hybridized carbons (Fsp3) is 0.800. The Labute approximate surface area is 66.2 Å². The third-order valence-electron chi connectivity index (χ3n) is 0.837. The fourth-order valence-electron chi connectivity index (χ4n) is 0.416. The molecule has 0 aliphatic heterocycles. The summed E-state index contributed by atoms with van der Waals surface area (Å²) in [6.07, 6.45) is 0.333. The van der Waals surface area contributed by atoms with Crippen LogP contribution in [0.2, 0.25) is 0 Å². The van der Waals surface area contributed by atoms with Gasteiger partial charge in [0.25, 0.3) is 0 Å². The number of carbonyl (C=O) groups excluding carboxylic acids is 1. The summed E-state index contributed by atoms with van der Waals surface area (Å²) in [5.41, 5.74) is 4.83. The maximum Gasteiger partial charge on any atom is 0.218 e. The first-order chi connectivity index (χ1) is 4.27. The first-order valence-electron chi connectivity index (χ1n) is 2.87. The highest BCUT2D eigenvalue weighted by Gasteiger charge is 1.90. The number of amides is 1. The molecule has 4 N–H and O–H groups in total. The molecule has 4 nitrogen and oxygen atoms in total. The molecule has 0 aromatic carbocycles. The van der Waals surface area contributed by atoms with Gasteiger partial charge < -0.3 is 16.2 Å². The Balaban J connectivity index is 0. The molecule has 0 aliphatic carbocycles. The maximum absolute atomic E-state index is 10.1. The molecule has 0 aliphatic rings. The van der Waals surface area contributed by atoms with Crippen molar-refractivity contribution >= 4 is 18.3 Å². The summed E-state index contributed by atoms with van der Waals surface area (Å²) >= 11 is 0. The number of hydrogen-bond donors (Lipinski definition) is 3. The van der Waals surface area contributed by atoms with Gasteiger partial charge in [0, 0.05) is 19.5 Å². The first-order valence-corrected chi connectivity index (χ1v) is 2.87. The van der Waals surface area contributed by atoms with Crippen LogP contribution >= 0.6 is 12.4 Å². The van der Waals surface area contributed by atoms with Gasteiger partial charge in [-0.15, -0.1) is 12.4 Å². The summed E-state index contributed by atoms with van der Waals surface area (Å²) < 4.78 is 0. The highest BCUT2D eigenvalue weighted by atomic mass is 35.5. The Hall–Kier alpha value is -0.320. The molecule has 1 amide bonds. The molecule has 62 valence electrons. The van der Waals surface area contributed by atoms with Crippen LogP contribution in [0.3, 0.4) is 0 Å². The molecule has 0 bridgehead atoms. The largest absolute Gasteiger partial charge is 0.395 e. The van der Waals surface area contributed by atoms with Crippen LogP contribution in [0, 0.1) is 0 Å². The number of rotatable bonds is 5. The summed E-state index contributed by atoms with van der Waals surface area (Å²) in [5.74, 6) is -0.319. The molecule has 0 rings (SSSR count). The van der Waals surface area contributed by atoms with Crippen LogP contribution in [0.25, 0.3) is 0 Å². The average molecular weight is 169 g/mol. The van der Waals surface area contributed by atoms with Gasteiger partial charge in [-0.05, 0) is 0 Å². The van der Waals surface area contributed by atoms with Crippen molar-refractivity contribution in [2.24, 2.45) is 5.73 Å². The number of carbonyl (C=O) groups is 1. The summed E-state index contributed by atoms with van der Waals surface area (Å²) in [5, 5.41) is 11.1. The minimum absolute atomic E-state index is 0. The van der Waals surface area contributed by atoms with E-state index in [2.05, 4.69) is 5.32 Å². The van der Waals surface area contributed by atoms with E-state index in [1.807, 2.05) is 0 Å². The summed E-state index contributed by atoms with van der Waals surface area (Å²) in [6, 6.07) is 0. The van der Waals surface area contributed by atoms with Gasteiger partial charge >= 0.3 is 0 Å². The Bertz CT molecular complexity index is 89.7. The van der Waals surface area contributed by atoms with Gasteiger partial charge in [0.1, 0.15) is 0 Å². The van der Waals surface area contributed by atoms with Crippen molar-refractivity contribution in [2.75, 3.05) is 19.7 Å². The zero-order valence-electron chi connectivity index (χ0n) is 5.67. The number of aliphatic hydroxyl groups is 1. The second-order valence-electron chi connectivity index (χ2n) is 1.69. The van der Waals surface area contributed by atoms with Crippen LogP contribution in [0.1, 0.15) is 6.42 Å². The SMILES string of the molecule is Cl.NC(=O)CCNCCO. The molecule has 0 heterocycles. The Morgan fingerprint density at radius 1 is 1.50 bits per heavy atom. The molecule has 0 unspecified atom stereocenters.